The number of benzene rings is 1. The molecule has 1 aliphatic heterocycles. The molecule has 1 amide bonds. The first-order valence-corrected chi connectivity index (χ1v) is 8.84. The van der Waals surface area contributed by atoms with E-state index in [2.05, 4.69) is 34.4 Å². The molecule has 5 nitrogen and oxygen atoms in total. The van der Waals surface area contributed by atoms with E-state index in [4.69, 9.17) is 11.6 Å². The number of halogens is 1. The highest BCUT2D eigenvalue weighted by Gasteiger charge is 2.22. The zero-order chi connectivity index (χ0) is 18.0. The van der Waals surface area contributed by atoms with Crippen LogP contribution >= 0.6 is 11.6 Å². The van der Waals surface area contributed by atoms with Crippen LogP contribution in [0, 0.1) is 6.92 Å². The van der Waals surface area contributed by atoms with Gasteiger partial charge in [-0.25, -0.2) is 4.98 Å². The number of nitrogens with one attached hydrogen (secondary N) is 2. The molecule has 2 unspecified atom stereocenters. The van der Waals surface area contributed by atoms with Crippen LogP contribution < -0.4 is 15.5 Å². The lowest BCUT2D eigenvalue weighted by Crippen LogP contribution is -2.54. The van der Waals surface area contributed by atoms with Crippen molar-refractivity contribution >= 4 is 29.0 Å². The van der Waals surface area contributed by atoms with Gasteiger partial charge in [-0.2, -0.15) is 0 Å². The molecule has 1 fully saturated rings. The van der Waals surface area contributed by atoms with E-state index in [9.17, 15) is 4.79 Å². The Kier molecular flexibility index (Phi) is 5.25. The molecular formula is C19H23ClN4O. The number of amides is 1. The van der Waals surface area contributed by atoms with Crippen LogP contribution in [0.2, 0.25) is 5.02 Å². The molecule has 1 aromatic heterocycles. The van der Waals surface area contributed by atoms with E-state index in [1.165, 1.54) is 0 Å². The summed E-state index contributed by atoms with van der Waals surface area (Å²) in [6.07, 6.45) is 1.63. The number of anilines is 2. The van der Waals surface area contributed by atoms with E-state index < -0.39 is 0 Å². The van der Waals surface area contributed by atoms with Gasteiger partial charge in [0.1, 0.15) is 5.82 Å². The predicted octanol–water partition coefficient (Wildman–Crippen LogP) is 3.48. The van der Waals surface area contributed by atoms with Crippen molar-refractivity contribution in [2.75, 3.05) is 23.3 Å². The van der Waals surface area contributed by atoms with Crippen LogP contribution in [0.5, 0.6) is 0 Å². The zero-order valence-corrected chi connectivity index (χ0v) is 15.5. The molecule has 25 heavy (non-hydrogen) atoms. The normalized spacial score (nSPS) is 20.4. The van der Waals surface area contributed by atoms with Crippen LogP contribution in [0.15, 0.2) is 36.5 Å². The highest BCUT2D eigenvalue weighted by atomic mass is 35.5. The summed E-state index contributed by atoms with van der Waals surface area (Å²) in [7, 11) is 0. The second-order valence-electron chi connectivity index (χ2n) is 6.70. The number of rotatable bonds is 3. The van der Waals surface area contributed by atoms with Crippen molar-refractivity contribution in [1.82, 2.24) is 10.3 Å². The number of hydrogen-bond donors (Lipinski definition) is 2. The minimum atomic E-state index is -0.178. The molecule has 2 heterocycles. The lowest BCUT2D eigenvalue weighted by molar-refractivity contribution is 0.102. The van der Waals surface area contributed by atoms with Crippen LogP contribution in [0.1, 0.15) is 29.8 Å². The van der Waals surface area contributed by atoms with Crippen molar-refractivity contribution in [3.8, 4) is 0 Å². The van der Waals surface area contributed by atoms with Crippen molar-refractivity contribution in [1.29, 1.82) is 0 Å². The van der Waals surface area contributed by atoms with Gasteiger partial charge in [-0.15, -0.1) is 0 Å². The number of nitrogens with zero attached hydrogens (tertiary/aromatic N) is 2. The number of pyridine rings is 1. The van der Waals surface area contributed by atoms with E-state index in [-0.39, 0.29) is 5.91 Å². The molecule has 0 aliphatic carbocycles. The summed E-state index contributed by atoms with van der Waals surface area (Å²) in [6, 6.07) is 9.98. The Labute approximate surface area is 153 Å². The fourth-order valence-electron chi connectivity index (χ4n) is 3.15. The van der Waals surface area contributed by atoms with E-state index in [1.807, 2.05) is 25.1 Å². The van der Waals surface area contributed by atoms with Crippen LogP contribution in [0.3, 0.4) is 0 Å². The molecular weight excluding hydrogens is 336 g/mol. The van der Waals surface area contributed by atoms with Gasteiger partial charge in [0.2, 0.25) is 0 Å². The molecule has 2 N–H and O–H groups in total. The van der Waals surface area contributed by atoms with E-state index >= 15 is 0 Å². The molecule has 1 saturated heterocycles. The van der Waals surface area contributed by atoms with Gasteiger partial charge in [0.25, 0.3) is 5.91 Å². The van der Waals surface area contributed by atoms with Gasteiger partial charge < -0.3 is 15.5 Å². The Balaban J connectivity index is 1.69. The summed E-state index contributed by atoms with van der Waals surface area (Å²) in [5.41, 5.74) is 2.18. The summed E-state index contributed by atoms with van der Waals surface area (Å²) >= 11 is 6.01. The summed E-state index contributed by atoms with van der Waals surface area (Å²) < 4.78 is 0. The fourth-order valence-corrected chi connectivity index (χ4v) is 3.26. The third-order valence-corrected chi connectivity index (χ3v) is 4.73. The Morgan fingerprint density at radius 1 is 1.24 bits per heavy atom. The van der Waals surface area contributed by atoms with Gasteiger partial charge in [-0.1, -0.05) is 11.6 Å². The number of carbonyl (C=O) groups is 1. The third kappa shape index (κ3) is 4.30. The highest BCUT2D eigenvalue weighted by molar-refractivity contribution is 6.31. The standard InChI is InChI=1S/C19H23ClN4O/c1-12-8-16(5-6-17(12)20)23-19(25)15-4-7-18(21-9-15)24-10-13(2)22-14(3)11-24/h4-9,13-14,22H,10-11H2,1-3H3,(H,23,25). The maximum absolute atomic E-state index is 12.4. The summed E-state index contributed by atoms with van der Waals surface area (Å²) in [6.45, 7) is 8.06. The molecule has 0 spiro atoms. The predicted molar refractivity (Wildman–Crippen MR) is 103 cm³/mol. The second-order valence-corrected chi connectivity index (χ2v) is 7.10. The quantitative estimate of drug-likeness (QED) is 0.882. The highest BCUT2D eigenvalue weighted by Crippen LogP contribution is 2.20. The average Bonchev–Trinajstić information content (AvgIpc) is 2.57. The van der Waals surface area contributed by atoms with Gasteiger partial charge in [0.05, 0.1) is 5.56 Å². The van der Waals surface area contributed by atoms with Crippen molar-refractivity contribution in [3.05, 3.63) is 52.7 Å². The second kappa shape index (κ2) is 7.42. The first-order chi connectivity index (χ1) is 11.9. The van der Waals surface area contributed by atoms with Gasteiger partial charge in [-0.3, -0.25) is 4.79 Å². The van der Waals surface area contributed by atoms with Crippen LogP contribution in [-0.2, 0) is 0 Å². The number of hydrogen-bond acceptors (Lipinski definition) is 4. The first-order valence-electron chi connectivity index (χ1n) is 8.47. The Bertz CT molecular complexity index is 753. The monoisotopic (exact) mass is 358 g/mol. The SMILES string of the molecule is Cc1cc(NC(=O)c2ccc(N3CC(C)NC(C)C3)nc2)ccc1Cl. The molecule has 2 atom stereocenters. The van der Waals surface area contributed by atoms with Gasteiger partial charge >= 0.3 is 0 Å². The Hall–Kier alpha value is -2.11. The molecule has 0 saturated carbocycles. The minimum absolute atomic E-state index is 0.178. The smallest absolute Gasteiger partial charge is 0.257 e. The Morgan fingerprint density at radius 2 is 1.96 bits per heavy atom. The lowest BCUT2D eigenvalue weighted by Gasteiger charge is -2.36. The molecule has 0 radical (unpaired) electrons. The van der Waals surface area contributed by atoms with Gasteiger partial charge in [0.15, 0.2) is 0 Å². The van der Waals surface area contributed by atoms with E-state index in [0.717, 1.165) is 30.2 Å². The number of carbonyl (C=O) groups excluding carboxylic acids is 1. The maximum atomic E-state index is 12.4. The number of aryl methyl sites for hydroxylation is 1. The first kappa shape index (κ1) is 17.7. The maximum Gasteiger partial charge on any atom is 0.257 e. The average molecular weight is 359 g/mol. The largest absolute Gasteiger partial charge is 0.354 e. The van der Waals surface area contributed by atoms with Crippen molar-refractivity contribution in [2.45, 2.75) is 32.9 Å². The molecule has 3 rings (SSSR count). The van der Waals surface area contributed by atoms with Crippen molar-refractivity contribution in [3.63, 3.8) is 0 Å². The lowest BCUT2D eigenvalue weighted by atomic mass is 10.1. The zero-order valence-electron chi connectivity index (χ0n) is 14.7. The minimum Gasteiger partial charge on any atom is -0.354 e. The number of piperazine rings is 1. The molecule has 2 aromatic rings. The topological polar surface area (TPSA) is 57.3 Å². The molecule has 1 aliphatic rings. The summed E-state index contributed by atoms with van der Waals surface area (Å²) in [4.78, 5) is 19.1. The Morgan fingerprint density at radius 3 is 2.56 bits per heavy atom. The van der Waals surface area contributed by atoms with Crippen molar-refractivity contribution < 1.29 is 4.79 Å². The van der Waals surface area contributed by atoms with E-state index in [0.29, 0.717) is 22.7 Å². The molecule has 1 aromatic carbocycles. The third-order valence-electron chi connectivity index (χ3n) is 4.31. The molecule has 6 heteroatoms. The fraction of sp³-hybridized carbons (Fsp3) is 0.368. The molecule has 0 bridgehead atoms. The van der Waals surface area contributed by atoms with Gasteiger partial charge in [0, 0.05) is 42.1 Å². The van der Waals surface area contributed by atoms with Crippen LogP contribution in [0.25, 0.3) is 0 Å². The van der Waals surface area contributed by atoms with Crippen molar-refractivity contribution in [2.24, 2.45) is 0 Å². The van der Waals surface area contributed by atoms with E-state index in [1.54, 1.807) is 18.3 Å². The summed E-state index contributed by atoms with van der Waals surface area (Å²) in [5, 5.41) is 7.06. The molecule has 132 valence electrons. The van der Waals surface area contributed by atoms with Crippen LogP contribution in [0.4, 0.5) is 11.5 Å². The van der Waals surface area contributed by atoms with Crippen LogP contribution in [-0.4, -0.2) is 36.1 Å². The number of aromatic nitrogens is 1. The van der Waals surface area contributed by atoms with Gasteiger partial charge in [-0.05, 0) is 56.7 Å². The summed E-state index contributed by atoms with van der Waals surface area (Å²) in [5.74, 6) is 0.724.